The topological polar surface area (TPSA) is 165 Å². The number of hydrogen-bond acceptors (Lipinski definition) is 10. The number of anilines is 1. The smallest absolute Gasteiger partial charge is 0.305 e. The molecule has 1 aliphatic heterocycles. The second-order valence-electron chi connectivity index (χ2n) is 7.90. The number of rotatable bonds is 8. The van der Waals surface area contributed by atoms with Crippen molar-refractivity contribution in [3.63, 3.8) is 0 Å². The van der Waals surface area contributed by atoms with Gasteiger partial charge < -0.3 is 30.2 Å². The number of nitrogens with two attached hydrogens (primary N) is 1. The van der Waals surface area contributed by atoms with E-state index in [1.807, 2.05) is 36.4 Å². The summed E-state index contributed by atoms with van der Waals surface area (Å²) in [5, 5.41) is 35.8. The average molecular weight is 467 g/mol. The summed E-state index contributed by atoms with van der Waals surface area (Å²) in [6.07, 6.45) is -3.51. The molecule has 2 aromatic heterocycles. The van der Waals surface area contributed by atoms with Gasteiger partial charge in [0.1, 0.15) is 30.1 Å². The van der Waals surface area contributed by atoms with Gasteiger partial charge in [-0.25, -0.2) is 9.50 Å². The molecule has 1 aromatic carbocycles. The van der Waals surface area contributed by atoms with E-state index < -0.39 is 36.2 Å². The first-order chi connectivity index (χ1) is 16.4. The van der Waals surface area contributed by atoms with Crippen LogP contribution in [0.25, 0.3) is 5.52 Å². The van der Waals surface area contributed by atoms with Crippen molar-refractivity contribution in [2.45, 2.75) is 50.0 Å². The molecule has 4 N–H and O–H groups in total. The summed E-state index contributed by atoms with van der Waals surface area (Å²) in [7, 11) is 0. The monoisotopic (exact) mass is 467 g/mol. The molecule has 4 rings (SSSR count). The highest BCUT2D eigenvalue weighted by atomic mass is 16.6. The SMILES string of the molecule is CCC(=O)O[C@H]1[C@@H](O)[C@](C#N)(c2ccc3c(N)ncnn23)O[C@@H]1COC(O)Cc1ccccc1. The van der Waals surface area contributed by atoms with Crippen LogP contribution in [-0.4, -0.2) is 62.0 Å². The van der Waals surface area contributed by atoms with Crippen LogP contribution in [0.4, 0.5) is 5.82 Å². The van der Waals surface area contributed by atoms with Crippen LogP contribution < -0.4 is 5.73 Å². The summed E-state index contributed by atoms with van der Waals surface area (Å²) >= 11 is 0. The largest absolute Gasteiger partial charge is 0.457 e. The van der Waals surface area contributed by atoms with Gasteiger partial charge in [-0.2, -0.15) is 10.4 Å². The van der Waals surface area contributed by atoms with Gasteiger partial charge in [-0.15, -0.1) is 0 Å². The number of benzene rings is 1. The van der Waals surface area contributed by atoms with Crippen LogP contribution in [-0.2, 0) is 31.0 Å². The highest BCUT2D eigenvalue weighted by Crippen LogP contribution is 2.42. The van der Waals surface area contributed by atoms with E-state index in [1.165, 1.54) is 10.8 Å². The van der Waals surface area contributed by atoms with Gasteiger partial charge >= 0.3 is 5.97 Å². The summed E-state index contributed by atoms with van der Waals surface area (Å²) in [6, 6.07) is 14.4. The number of nitrogens with zero attached hydrogens (tertiary/aromatic N) is 4. The number of nitriles is 1. The summed E-state index contributed by atoms with van der Waals surface area (Å²) in [5.41, 5.74) is 5.43. The zero-order chi connectivity index (χ0) is 24.3. The third-order valence-corrected chi connectivity index (χ3v) is 5.72. The van der Waals surface area contributed by atoms with E-state index in [-0.39, 0.29) is 31.0 Å². The van der Waals surface area contributed by atoms with E-state index in [0.29, 0.717) is 5.52 Å². The summed E-state index contributed by atoms with van der Waals surface area (Å²) in [5.74, 6) is -0.400. The molecule has 1 saturated heterocycles. The third-order valence-electron chi connectivity index (χ3n) is 5.72. The minimum absolute atomic E-state index is 0.0603. The number of aromatic nitrogens is 3. The van der Waals surface area contributed by atoms with Crippen molar-refractivity contribution in [2.24, 2.45) is 0 Å². The predicted molar refractivity (Wildman–Crippen MR) is 118 cm³/mol. The van der Waals surface area contributed by atoms with Crippen molar-refractivity contribution in [1.29, 1.82) is 5.26 Å². The molecule has 11 heteroatoms. The van der Waals surface area contributed by atoms with E-state index >= 15 is 0 Å². The Labute approximate surface area is 195 Å². The molecular weight excluding hydrogens is 442 g/mol. The van der Waals surface area contributed by atoms with Gasteiger partial charge in [0.2, 0.25) is 5.60 Å². The molecule has 0 amide bonds. The molecule has 0 spiro atoms. The van der Waals surface area contributed by atoms with Gasteiger partial charge in [-0.3, -0.25) is 4.79 Å². The van der Waals surface area contributed by atoms with Gasteiger partial charge in [0, 0.05) is 12.8 Å². The molecule has 3 aromatic rings. The van der Waals surface area contributed by atoms with Crippen molar-refractivity contribution in [3.8, 4) is 6.07 Å². The minimum atomic E-state index is -1.94. The van der Waals surface area contributed by atoms with Gasteiger partial charge in [0.25, 0.3) is 0 Å². The number of nitrogen functional groups attached to an aromatic ring is 1. The van der Waals surface area contributed by atoms with Gasteiger partial charge in [0.15, 0.2) is 18.2 Å². The normalized spacial score (nSPS) is 25.2. The number of aliphatic hydroxyl groups excluding tert-OH is 2. The van der Waals surface area contributed by atoms with Crippen LogP contribution in [0.15, 0.2) is 48.8 Å². The lowest BCUT2D eigenvalue weighted by atomic mass is 9.92. The zero-order valence-corrected chi connectivity index (χ0v) is 18.4. The molecule has 3 heterocycles. The van der Waals surface area contributed by atoms with Gasteiger partial charge in [-0.1, -0.05) is 37.3 Å². The van der Waals surface area contributed by atoms with Crippen molar-refractivity contribution in [3.05, 3.63) is 60.0 Å². The third kappa shape index (κ3) is 4.32. The van der Waals surface area contributed by atoms with Crippen LogP contribution in [0.5, 0.6) is 0 Å². The molecule has 1 fully saturated rings. The Kier molecular flexibility index (Phi) is 6.76. The maximum absolute atomic E-state index is 12.1. The number of carbonyl (C=O) groups excluding carboxylic acids is 1. The molecular formula is C23H25N5O6. The molecule has 0 saturated carbocycles. The van der Waals surface area contributed by atoms with Gasteiger partial charge in [0.05, 0.1) is 12.3 Å². The van der Waals surface area contributed by atoms with Crippen molar-refractivity contribution < 1.29 is 29.2 Å². The van der Waals surface area contributed by atoms with Crippen molar-refractivity contribution in [1.82, 2.24) is 14.6 Å². The van der Waals surface area contributed by atoms with E-state index in [0.717, 1.165) is 5.56 Å². The Morgan fingerprint density at radius 1 is 1.35 bits per heavy atom. The van der Waals surface area contributed by atoms with Crippen molar-refractivity contribution >= 4 is 17.3 Å². The van der Waals surface area contributed by atoms with E-state index in [9.17, 15) is 20.3 Å². The molecule has 0 aliphatic carbocycles. The number of hydrogen-bond donors (Lipinski definition) is 3. The molecule has 0 radical (unpaired) electrons. The highest BCUT2D eigenvalue weighted by molar-refractivity contribution is 5.69. The second kappa shape index (κ2) is 9.74. The van der Waals surface area contributed by atoms with Gasteiger partial charge in [-0.05, 0) is 17.7 Å². The lowest BCUT2D eigenvalue weighted by Gasteiger charge is -2.24. The predicted octanol–water partition coefficient (Wildman–Crippen LogP) is 0.690. The van der Waals surface area contributed by atoms with Crippen LogP contribution in [0.3, 0.4) is 0 Å². The van der Waals surface area contributed by atoms with E-state index in [4.69, 9.17) is 19.9 Å². The molecule has 34 heavy (non-hydrogen) atoms. The lowest BCUT2D eigenvalue weighted by molar-refractivity contribution is -0.164. The highest BCUT2D eigenvalue weighted by Gasteiger charge is 2.59. The first kappa shape index (κ1) is 23.6. The standard InChI is InChI=1S/C23H25N5O6/c1-2-18(29)33-20-16(11-32-19(30)10-14-6-4-3-5-7-14)34-23(12-24,21(20)31)17-9-8-15-22(25)26-13-27-28(15)17/h3-9,13,16,19-21,30-31H,2,10-11H2,1H3,(H2,25,26,27)/t16-,19?,20-,21-,23+/m1/s1. The molecule has 0 bridgehead atoms. The van der Waals surface area contributed by atoms with Crippen LogP contribution in [0.2, 0.25) is 0 Å². The van der Waals surface area contributed by atoms with Crippen LogP contribution in [0.1, 0.15) is 24.6 Å². The molecule has 11 nitrogen and oxygen atoms in total. The summed E-state index contributed by atoms with van der Waals surface area (Å²) in [6.45, 7) is 1.37. The number of fused-ring (bicyclic) bond motifs is 1. The Morgan fingerprint density at radius 2 is 2.12 bits per heavy atom. The fourth-order valence-corrected chi connectivity index (χ4v) is 3.99. The Bertz CT molecular complexity index is 1200. The minimum Gasteiger partial charge on any atom is -0.457 e. The molecule has 1 aliphatic rings. The maximum Gasteiger partial charge on any atom is 0.305 e. The van der Waals surface area contributed by atoms with E-state index in [2.05, 4.69) is 10.1 Å². The number of aliphatic hydroxyl groups is 2. The lowest BCUT2D eigenvalue weighted by Crippen LogP contribution is -2.43. The number of carbonyl (C=O) groups is 1. The quantitative estimate of drug-likeness (QED) is 0.317. The average Bonchev–Trinajstić information content (AvgIpc) is 3.39. The van der Waals surface area contributed by atoms with Crippen LogP contribution >= 0.6 is 0 Å². The Hall–Kier alpha value is -3.56. The van der Waals surface area contributed by atoms with E-state index in [1.54, 1.807) is 19.1 Å². The molecule has 5 atom stereocenters. The van der Waals surface area contributed by atoms with Crippen molar-refractivity contribution in [2.75, 3.05) is 12.3 Å². The van der Waals surface area contributed by atoms with Crippen LogP contribution in [0, 0.1) is 11.3 Å². The summed E-state index contributed by atoms with van der Waals surface area (Å²) < 4.78 is 18.3. The second-order valence-corrected chi connectivity index (χ2v) is 7.90. The maximum atomic E-state index is 12.1. The fraction of sp³-hybridized carbons (Fsp3) is 0.391. The number of esters is 1. The molecule has 1 unspecified atom stereocenters. The molecule has 178 valence electrons. The first-order valence-electron chi connectivity index (χ1n) is 10.8. The number of ether oxygens (including phenoxy) is 3. The Morgan fingerprint density at radius 3 is 2.82 bits per heavy atom. The fourth-order valence-electron chi connectivity index (χ4n) is 3.99. The summed E-state index contributed by atoms with van der Waals surface area (Å²) in [4.78, 5) is 16.0. The first-order valence-corrected chi connectivity index (χ1v) is 10.8. The zero-order valence-electron chi connectivity index (χ0n) is 18.4. The Balaban J connectivity index is 1.61.